The van der Waals surface area contributed by atoms with Crippen LogP contribution in [0.25, 0.3) is 55.8 Å². The van der Waals surface area contributed by atoms with Crippen molar-refractivity contribution in [1.29, 1.82) is 0 Å². The Morgan fingerprint density at radius 1 is 1.03 bits per heavy atom. The van der Waals surface area contributed by atoms with Crippen LogP contribution < -0.4 is 5.32 Å². The van der Waals surface area contributed by atoms with Gasteiger partial charge >= 0.3 is 0 Å². The Morgan fingerprint density at radius 3 is 2.76 bits per heavy atom. The maximum atomic E-state index is 15.1. The standard InChI is InChI=1S/C25H20FN7O/c1-13(2)29-16-7-15(10-27-11-16)17-8-18-21(9-19(17)26)32-33-23(18)25-30-20-3-5-28-22(24(20)31-25)14-4-6-34-12-14/h3-13,29H,1-2H3,(H,30,31)(H,32,33). The van der Waals surface area contributed by atoms with Gasteiger partial charge in [0.1, 0.15) is 22.7 Å². The van der Waals surface area contributed by atoms with E-state index >= 15 is 4.39 Å². The van der Waals surface area contributed by atoms with Crippen LogP contribution in [-0.4, -0.2) is 36.2 Å². The molecule has 0 saturated heterocycles. The van der Waals surface area contributed by atoms with Crippen LogP contribution in [0.2, 0.25) is 0 Å². The molecular weight excluding hydrogens is 433 g/mol. The maximum Gasteiger partial charge on any atom is 0.159 e. The largest absolute Gasteiger partial charge is 0.472 e. The summed E-state index contributed by atoms with van der Waals surface area (Å²) in [6, 6.07) is 9.05. The van der Waals surface area contributed by atoms with E-state index < -0.39 is 0 Å². The van der Waals surface area contributed by atoms with E-state index in [1.165, 1.54) is 6.07 Å². The van der Waals surface area contributed by atoms with Crippen LogP contribution in [0.1, 0.15) is 13.8 Å². The first-order valence-corrected chi connectivity index (χ1v) is 10.8. The number of halogens is 1. The number of H-pyrrole nitrogens is 2. The van der Waals surface area contributed by atoms with E-state index in [0.717, 1.165) is 22.2 Å². The molecule has 9 heteroatoms. The van der Waals surface area contributed by atoms with E-state index in [4.69, 9.17) is 9.40 Å². The number of nitrogens with one attached hydrogen (secondary N) is 3. The quantitative estimate of drug-likeness (QED) is 0.305. The highest BCUT2D eigenvalue weighted by Gasteiger charge is 2.18. The van der Waals surface area contributed by atoms with Crippen molar-refractivity contribution in [2.45, 2.75) is 19.9 Å². The van der Waals surface area contributed by atoms with Crippen molar-refractivity contribution in [2.75, 3.05) is 5.32 Å². The average molecular weight is 453 g/mol. The van der Waals surface area contributed by atoms with Crippen LogP contribution in [0.3, 0.4) is 0 Å². The summed E-state index contributed by atoms with van der Waals surface area (Å²) < 4.78 is 20.3. The topological polar surface area (TPSA) is 108 Å². The van der Waals surface area contributed by atoms with Gasteiger partial charge in [0, 0.05) is 52.8 Å². The highest BCUT2D eigenvalue weighted by atomic mass is 19.1. The van der Waals surface area contributed by atoms with Gasteiger partial charge in [-0.1, -0.05) is 0 Å². The molecule has 0 atom stereocenters. The fourth-order valence-electron chi connectivity index (χ4n) is 4.10. The van der Waals surface area contributed by atoms with E-state index in [0.29, 0.717) is 39.4 Å². The SMILES string of the molecule is CC(C)Nc1cncc(-c2cc3c(-c4nc5c(-c6ccoc6)nccc5[nH]4)n[nH]c3cc2F)c1. The predicted molar refractivity (Wildman–Crippen MR) is 129 cm³/mol. The number of pyridine rings is 2. The van der Waals surface area contributed by atoms with Crippen LogP contribution in [0.15, 0.2) is 65.9 Å². The first kappa shape index (κ1) is 20.1. The highest BCUT2D eigenvalue weighted by Crippen LogP contribution is 2.34. The average Bonchev–Trinajstić information content (AvgIpc) is 3.57. The summed E-state index contributed by atoms with van der Waals surface area (Å²) in [6.45, 7) is 4.08. The molecule has 5 heterocycles. The van der Waals surface area contributed by atoms with Crippen molar-refractivity contribution in [3.63, 3.8) is 0 Å². The number of aromatic amines is 2. The molecule has 0 aliphatic heterocycles. The van der Waals surface area contributed by atoms with Gasteiger partial charge in [0.05, 0.1) is 29.2 Å². The van der Waals surface area contributed by atoms with Gasteiger partial charge in [0.25, 0.3) is 0 Å². The van der Waals surface area contributed by atoms with Crippen molar-refractivity contribution in [2.24, 2.45) is 0 Å². The van der Waals surface area contributed by atoms with Gasteiger partial charge in [0.2, 0.25) is 0 Å². The number of imidazole rings is 1. The zero-order valence-electron chi connectivity index (χ0n) is 18.4. The van der Waals surface area contributed by atoms with Gasteiger partial charge in [0.15, 0.2) is 5.82 Å². The molecule has 0 fully saturated rings. The Hall–Kier alpha value is -4.53. The van der Waals surface area contributed by atoms with Crippen molar-refractivity contribution in [3.8, 4) is 33.9 Å². The smallest absolute Gasteiger partial charge is 0.159 e. The van der Waals surface area contributed by atoms with Crippen LogP contribution in [-0.2, 0) is 0 Å². The van der Waals surface area contributed by atoms with E-state index in [1.807, 2.05) is 32.0 Å². The second-order valence-corrected chi connectivity index (χ2v) is 8.36. The van der Waals surface area contributed by atoms with E-state index in [-0.39, 0.29) is 11.9 Å². The molecule has 0 bridgehead atoms. The van der Waals surface area contributed by atoms with Crippen molar-refractivity contribution >= 4 is 27.6 Å². The summed E-state index contributed by atoms with van der Waals surface area (Å²) in [7, 11) is 0. The van der Waals surface area contributed by atoms with Crippen molar-refractivity contribution < 1.29 is 8.81 Å². The molecule has 0 radical (unpaired) electrons. The van der Waals surface area contributed by atoms with Crippen LogP contribution in [0, 0.1) is 5.82 Å². The lowest BCUT2D eigenvalue weighted by Crippen LogP contribution is -2.09. The molecule has 6 rings (SSSR count). The lowest BCUT2D eigenvalue weighted by Gasteiger charge is -2.11. The summed E-state index contributed by atoms with van der Waals surface area (Å²) in [5.74, 6) is 0.201. The van der Waals surface area contributed by atoms with E-state index in [9.17, 15) is 0 Å². The molecule has 34 heavy (non-hydrogen) atoms. The minimum atomic E-state index is -0.359. The molecule has 0 spiro atoms. The summed E-state index contributed by atoms with van der Waals surface area (Å²) in [4.78, 5) is 16.8. The third-order valence-corrected chi connectivity index (χ3v) is 5.57. The Bertz CT molecular complexity index is 1630. The Balaban J connectivity index is 1.48. The van der Waals surface area contributed by atoms with Crippen LogP contribution in [0.5, 0.6) is 0 Å². The molecule has 0 aliphatic carbocycles. The van der Waals surface area contributed by atoms with Gasteiger partial charge in [-0.15, -0.1) is 0 Å². The first-order valence-electron chi connectivity index (χ1n) is 10.8. The highest BCUT2D eigenvalue weighted by molar-refractivity contribution is 5.97. The number of benzene rings is 1. The number of rotatable bonds is 5. The molecule has 1 aromatic carbocycles. The number of furan rings is 1. The van der Waals surface area contributed by atoms with Crippen LogP contribution in [0.4, 0.5) is 10.1 Å². The third-order valence-electron chi connectivity index (χ3n) is 5.57. The van der Waals surface area contributed by atoms with E-state index in [1.54, 1.807) is 37.2 Å². The number of anilines is 1. The van der Waals surface area contributed by atoms with Gasteiger partial charge in [-0.2, -0.15) is 5.10 Å². The number of fused-ring (bicyclic) bond motifs is 2. The summed E-state index contributed by atoms with van der Waals surface area (Å²) in [5, 5.41) is 11.4. The zero-order chi connectivity index (χ0) is 23.2. The Kier molecular flexibility index (Phi) is 4.61. The number of aromatic nitrogens is 6. The minimum Gasteiger partial charge on any atom is -0.472 e. The Morgan fingerprint density at radius 2 is 1.94 bits per heavy atom. The van der Waals surface area contributed by atoms with Crippen molar-refractivity contribution in [3.05, 3.63) is 67.3 Å². The zero-order valence-corrected chi connectivity index (χ0v) is 18.4. The summed E-state index contributed by atoms with van der Waals surface area (Å²) in [5.41, 5.74) is 6.18. The monoisotopic (exact) mass is 453 g/mol. The normalized spacial score (nSPS) is 11.6. The number of nitrogens with zero attached hydrogens (tertiary/aromatic N) is 4. The molecule has 8 nitrogen and oxygen atoms in total. The molecule has 168 valence electrons. The molecule has 5 aromatic heterocycles. The second-order valence-electron chi connectivity index (χ2n) is 8.36. The lowest BCUT2D eigenvalue weighted by molar-refractivity contribution is 0.568. The molecule has 0 aliphatic rings. The van der Waals surface area contributed by atoms with Gasteiger partial charge in [-0.3, -0.25) is 15.1 Å². The molecule has 3 N–H and O–H groups in total. The molecular formula is C25H20FN7O. The molecule has 0 saturated carbocycles. The van der Waals surface area contributed by atoms with Crippen LogP contribution >= 0.6 is 0 Å². The van der Waals surface area contributed by atoms with Gasteiger partial charge < -0.3 is 14.7 Å². The summed E-state index contributed by atoms with van der Waals surface area (Å²) >= 11 is 0. The fraction of sp³-hybridized carbons (Fsp3) is 0.120. The Labute approximate surface area is 193 Å². The maximum absolute atomic E-state index is 15.1. The van der Waals surface area contributed by atoms with E-state index in [2.05, 4.69) is 30.5 Å². The first-order chi connectivity index (χ1) is 16.6. The number of hydrogen-bond donors (Lipinski definition) is 3. The fourth-order valence-corrected chi connectivity index (χ4v) is 4.10. The van der Waals surface area contributed by atoms with Gasteiger partial charge in [-0.25, -0.2) is 9.37 Å². The van der Waals surface area contributed by atoms with Crippen molar-refractivity contribution in [1.82, 2.24) is 30.1 Å². The molecule has 0 unspecified atom stereocenters. The molecule has 6 aromatic rings. The predicted octanol–water partition coefficient (Wildman–Crippen LogP) is 5.78. The lowest BCUT2D eigenvalue weighted by atomic mass is 10.0. The van der Waals surface area contributed by atoms with Gasteiger partial charge in [-0.05, 0) is 38.1 Å². The minimum absolute atomic E-state index is 0.236. The number of hydrogen-bond acceptors (Lipinski definition) is 6. The second kappa shape index (κ2) is 7.80. The summed E-state index contributed by atoms with van der Waals surface area (Å²) in [6.07, 6.45) is 8.32. The third kappa shape index (κ3) is 3.38. The molecule has 0 amide bonds.